The van der Waals surface area contributed by atoms with Gasteiger partial charge in [-0.3, -0.25) is 4.79 Å². The lowest BCUT2D eigenvalue weighted by Crippen LogP contribution is -2.28. The highest BCUT2D eigenvalue weighted by atomic mass is 19.1. The minimum absolute atomic E-state index is 0.109. The number of piperidine rings is 1. The number of hydrogen-bond acceptors (Lipinski definition) is 2. The minimum Gasteiger partial charge on any atom is -0.323 e. The first-order chi connectivity index (χ1) is 8.66. The van der Waals surface area contributed by atoms with Gasteiger partial charge >= 0.3 is 0 Å². The van der Waals surface area contributed by atoms with Crippen molar-refractivity contribution in [3.8, 4) is 0 Å². The molecule has 0 aromatic heterocycles. The largest absolute Gasteiger partial charge is 0.323 e. The molecule has 3 nitrogen and oxygen atoms in total. The molecule has 1 saturated heterocycles. The van der Waals surface area contributed by atoms with E-state index in [0.717, 1.165) is 37.1 Å². The Labute approximate surface area is 106 Å². The van der Waals surface area contributed by atoms with Crippen LogP contribution >= 0.6 is 0 Å². The summed E-state index contributed by atoms with van der Waals surface area (Å²) in [7, 11) is 0. The highest BCUT2D eigenvalue weighted by Gasteiger charge is 2.30. The molecule has 0 radical (unpaired) electrons. The van der Waals surface area contributed by atoms with E-state index in [-0.39, 0.29) is 17.6 Å². The van der Waals surface area contributed by atoms with Gasteiger partial charge in [0.25, 0.3) is 0 Å². The van der Waals surface area contributed by atoms with Gasteiger partial charge in [-0.05, 0) is 49.4 Å². The number of fused-ring (bicyclic) bond motifs is 1. The average Bonchev–Trinajstić information content (AvgIpc) is 2.68. The van der Waals surface area contributed by atoms with Crippen LogP contribution in [0.25, 0.3) is 0 Å². The van der Waals surface area contributed by atoms with Crippen LogP contribution in [0.15, 0.2) is 12.1 Å². The molecule has 96 valence electrons. The van der Waals surface area contributed by atoms with Crippen LogP contribution in [-0.4, -0.2) is 19.0 Å². The summed E-state index contributed by atoms with van der Waals surface area (Å²) in [6.45, 7) is 3.76. The molecule has 1 aromatic carbocycles. The number of halogens is 1. The predicted octanol–water partition coefficient (Wildman–Crippen LogP) is 2.35. The summed E-state index contributed by atoms with van der Waals surface area (Å²) in [6.07, 6.45) is 2.21. The highest BCUT2D eigenvalue weighted by molar-refractivity contribution is 6.02. The molecule has 18 heavy (non-hydrogen) atoms. The maximum Gasteiger partial charge on any atom is 0.231 e. The molecule has 2 heterocycles. The molecule has 2 atom stereocenters. The molecule has 0 spiro atoms. The normalized spacial score (nSPS) is 26.9. The summed E-state index contributed by atoms with van der Waals surface area (Å²) in [5.41, 5.74) is 2.20. The second-order valence-corrected chi connectivity index (χ2v) is 5.22. The third-order valence-electron chi connectivity index (χ3n) is 4.02. The zero-order chi connectivity index (χ0) is 12.7. The van der Waals surface area contributed by atoms with E-state index in [1.54, 1.807) is 6.07 Å². The number of nitrogens with one attached hydrogen (secondary N) is 2. The van der Waals surface area contributed by atoms with Crippen LogP contribution in [-0.2, 0) is 4.79 Å². The molecule has 0 aliphatic carbocycles. The third kappa shape index (κ3) is 1.81. The van der Waals surface area contributed by atoms with Crippen molar-refractivity contribution in [1.29, 1.82) is 0 Å². The van der Waals surface area contributed by atoms with Gasteiger partial charge in [0.05, 0.1) is 11.6 Å². The number of rotatable bonds is 1. The molecule has 4 heteroatoms. The van der Waals surface area contributed by atoms with Crippen LogP contribution < -0.4 is 10.6 Å². The molecule has 3 rings (SSSR count). The van der Waals surface area contributed by atoms with E-state index < -0.39 is 0 Å². The van der Waals surface area contributed by atoms with Gasteiger partial charge in [0, 0.05) is 6.54 Å². The van der Waals surface area contributed by atoms with Gasteiger partial charge in [-0.1, -0.05) is 6.07 Å². The Hall–Kier alpha value is -1.42. The number of benzene rings is 1. The van der Waals surface area contributed by atoms with E-state index in [0.29, 0.717) is 11.6 Å². The zero-order valence-electron chi connectivity index (χ0n) is 10.4. The van der Waals surface area contributed by atoms with E-state index in [9.17, 15) is 9.18 Å². The number of anilines is 1. The van der Waals surface area contributed by atoms with Crippen LogP contribution in [0.5, 0.6) is 0 Å². The quantitative estimate of drug-likeness (QED) is 0.801. The third-order valence-corrected chi connectivity index (χ3v) is 4.02. The summed E-state index contributed by atoms with van der Waals surface area (Å²) >= 11 is 0. The summed E-state index contributed by atoms with van der Waals surface area (Å²) in [4.78, 5) is 11.6. The van der Waals surface area contributed by atoms with Crippen molar-refractivity contribution in [1.82, 2.24) is 5.32 Å². The first-order valence-electron chi connectivity index (χ1n) is 6.51. The Balaban J connectivity index is 1.98. The monoisotopic (exact) mass is 248 g/mol. The van der Waals surface area contributed by atoms with Gasteiger partial charge in [-0.15, -0.1) is 0 Å². The van der Waals surface area contributed by atoms with Crippen molar-refractivity contribution < 1.29 is 9.18 Å². The average molecular weight is 248 g/mol. The van der Waals surface area contributed by atoms with Gasteiger partial charge in [-0.25, -0.2) is 4.39 Å². The van der Waals surface area contributed by atoms with Gasteiger partial charge < -0.3 is 10.6 Å². The van der Waals surface area contributed by atoms with Crippen molar-refractivity contribution >= 4 is 11.6 Å². The van der Waals surface area contributed by atoms with E-state index in [1.807, 2.05) is 13.0 Å². The molecule has 0 saturated carbocycles. The lowest BCUT2D eigenvalue weighted by atomic mass is 9.89. The lowest BCUT2D eigenvalue weighted by Gasteiger charge is -2.23. The second-order valence-electron chi connectivity index (χ2n) is 5.22. The van der Waals surface area contributed by atoms with E-state index in [1.165, 1.54) is 0 Å². The molecule has 0 bridgehead atoms. The van der Waals surface area contributed by atoms with E-state index in [2.05, 4.69) is 10.6 Å². The van der Waals surface area contributed by atoms with Crippen LogP contribution in [0.4, 0.5) is 10.1 Å². The first kappa shape index (κ1) is 11.7. The van der Waals surface area contributed by atoms with Gasteiger partial charge in [0.2, 0.25) is 5.91 Å². The molecular formula is C14H17FN2O. The predicted molar refractivity (Wildman–Crippen MR) is 68.3 cm³/mol. The van der Waals surface area contributed by atoms with Crippen molar-refractivity contribution in [3.05, 3.63) is 29.1 Å². The maximum atomic E-state index is 14.0. The van der Waals surface area contributed by atoms with Crippen LogP contribution in [0.3, 0.4) is 0 Å². The Morgan fingerprint density at radius 1 is 1.39 bits per heavy atom. The van der Waals surface area contributed by atoms with Gasteiger partial charge in [0.1, 0.15) is 5.82 Å². The van der Waals surface area contributed by atoms with E-state index >= 15 is 0 Å². The summed E-state index contributed by atoms with van der Waals surface area (Å²) in [6, 6.07) is 3.58. The molecule has 2 N–H and O–H groups in total. The lowest BCUT2D eigenvalue weighted by molar-refractivity contribution is -0.116. The number of hydrogen-bond donors (Lipinski definition) is 2. The topological polar surface area (TPSA) is 41.1 Å². The molecular weight excluding hydrogens is 231 g/mol. The fourth-order valence-corrected chi connectivity index (χ4v) is 2.87. The smallest absolute Gasteiger partial charge is 0.231 e. The second kappa shape index (κ2) is 4.35. The summed E-state index contributed by atoms with van der Waals surface area (Å²) in [5.74, 6) is -0.291. The van der Waals surface area contributed by atoms with Crippen molar-refractivity contribution in [2.24, 2.45) is 0 Å². The SMILES string of the molecule is CC1C(=O)Nc2c(F)cc(C3CCCNC3)cc21. The molecule has 2 unspecified atom stereocenters. The van der Waals surface area contributed by atoms with Crippen molar-refractivity contribution in [2.45, 2.75) is 31.6 Å². The van der Waals surface area contributed by atoms with Crippen LogP contribution in [0.1, 0.15) is 42.7 Å². The van der Waals surface area contributed by atoms with E-state index in [4.69, 9.17) is 0 Å². The maximum absolute atomic E-state index is 14.0. The summed E-state index contributed by atoms with van der Waals surface area (Å²) < 4.78 is 14.0. The van der Waals surface area contributed by atoms with Crippen molar-refractivity contribution in [2.75, 3.05) is 18.4 Å². The number of carbonyl (C=O) groups is 1. The minimum atomic E-state index is -0.300. The molecule has 2 aliphatic heterocycles. The summed E-state index contributed by atoms with van der Waals surface area (Å²) in [5, 5.41) is 5.95. The molecule has 1 fully saturated rings. The Kier molecular flexibility index (Phi) is 2.82. The Morgan fingerprint density at radius 2 is 2.22 bits per heavy atom. The van der Waals surface area contributed by atoms with Crippen molar-refractivity contribution in [3.63, 3.8) is 0 Å². The molecule has 1 amide bonds. The Morgan fingerprint density at radius 3 is 2.94 bits per heavy atom. The standard InChI is InChI=1S/C14H17FN2O/c1-8-11-5-10(9-3-2-4-16-7-9)6-12(15)13(11)17-14(8)18/h5-6,8-9,16H,2-4,7H2,1H3,(H,17,18). The van der Waals surface area contributed by atoms with Gasteiger partial charge in [-0.2, -0.15) is 0 Å². The molecule has 1 aromatic rings. The fraction of sp³-hybridized carbons (Fsp3) is 0.500. The Bertz CT molecular complexity index is 495. The van der Waals surface area contributed by atoms with Crippen LogP contribution in [0.2, 0.25) is 0 Å². The van der Waals surface area contributed by atoms with Crippen LogP contribution in [0, 0.1) is 5.82 Å². The molecule has 2 aliphatic rings. The zero-order valence-corrected chi connectivity index (χ0v) is 10.4. The first-order valence-corrected chi connectivity index (χ1v) is 6.51. The highest BCUT2D eigenvalue weighted by Crippen LogP contribution is 2.37. The fourth-order valence-electron chi connectivity index (χ4n) is 2.87. The number of amides is 1. The number of carbonyl (C=O) groups excluding carboxylic acids is 1. The van der Waals surface area contributed by atoms with Gasteiger partial charge in [0.15, 0.2) is 0 Å².